The maximum absolute atomic E-state index is 12.4. The molecule has 2 aliphatic rings. The number of carboxylic acid groups (broad SMARTS) is 1. The number of ether oxygens (including phenoxy) is 2. The van der Waals surface area contributed by atoms with Crippen LogP contribution in [0.4, 0.5) is 9.59 Å². The van der Waals surface area contributed by atoms with Gasteiger partial charge in [-0.3, -0.25) is 14.6 Å². The lowest BCUT2D eigenvalue weighted by atomic mass is 9.94. The number of amides is 2. The summed E-state index contributed by atoms with van der Waals surface area (Å²) in [5.41, 5.74) is 9.44. The fourth-order valence-electron chi connectivity index (χ4n) is 4.69. The van der Waals surface area contributed by atoms with Gasteiger partial charge in [0.25, 0.3) is 0 Å². The summed E-state index contributed by atoms with van der Waals surface area (Å²) in [6.07, 6.45) is 1.33. The van der Waals surface area contributed by atoms with Gasteiger partial charge in [0.15, 0.2) is 5.78 Å². The molecule has 2 aliphatic heterocycles. The quantitative estimate of drug-likeness (QED) is 0.237. The third-order valence-corrected chi connectivity index (χ3v) is 7.62. The second-order valence-electron chi connectivity index (χ2n) is 14.1. The summed E-state index contributed by atoms with van der Waals surface area (Å²) in [5.74, 6) is -0.887. The van der Waals surface area contributed by atoms with Crippen LogP contribution in [0.2, 0.25) is 0 Å². The number of nitrogens with one attached hydrogen (secondary N) is 2. The van der Waals surface area contributed by atoms with Gasteiger partial charge >= 0.3 is 18.2 Å². The van der Waals surface area contributed by atoms with Crippen molar-refractivity contribution in [2.24, 2.45) is 5.73 Å². The molecule has 12 heteroatoms. The molecule has 2 fully saturated rings. The van der Waals surface area contributed by atoms with Crippen molar-refractivity contribution in [3.8, 4) is 0 Å². The van der Waals surface area contributed by atoms with Crippen LogP contribution >= 0.6 is 0 Å². The van der Waals surface area contributed by atoms with E-state index in [1.165, 1.54) is 9.80 Å². The Hall–Kier alpha value is -4.58. The Morgan fingerprint density at radius 3 is 1.43 bits per heavy atom. The van der Waals surface area contributed by atoms with Crippen molar-refractivity contribution in [1.82, 2.24) is 9.80 Å². The number of benzene rings is 2. The lowest BCUT2D eigenvalue weighted by Crippen LogP contribution is -2.56. The predicted molar refractivity (Wildman–Crippen MR) is 189 cm³/mol. The molecule has 0 spiro atoms. The minimum Gasteiger partial charge on any atom is -0.480 e. The van der Waals surface area contributed by atoms with Crippen LogP contribution in [0, 0.1) is 10.8 Å². The van der Waals surface area contributed by atoms with E-state index in [-0.39, 0.29) is 11.8 Å². The van der Waals surface area contributed by atoms with E-state index in [0.717, 1.165) is 22.3 Å². The first kappa shape index (κ1) is 40.6. The topological polar surface area (TPSA) is 187 Å². The molecule has 2 aromatic carbocycles. The summed E-state index contributed by atoms with van der Waals surface area (Å²) in [6, 6.07) is 14.4. The Bertz CT molecular complexity index is 1470. The van der Waals surface area contributed by atoms with E-state index in [0.29, 0.717) is 56.7 Å². The largest absolute Gasteiger partial charge is 0.480 e. The third kappa shape index (κ3) is 13.5. The average molecular weight is 680 g/mol. The van der Waals surface area contributed by atoms with Crippen LogP contribution in [0.25, 0.3) is 0 Å². The van der Waals surface area contributed by atoms with Gasteiger partial charge in [-0.2, -0.15) is 0 Å². The van der Waals surface area contributed by atoms with Crippen LogP contribution in [0.3, 0.4) is 0 Å². The number of aliphatic carboxylic acids is 1. The highest BCUT2D eigenvalue weighted by molar-refractivity contribution is 5.96. The van der Waals surface area contributed by atoms with Gasteiger partial charge in [-0.15, -0.1) is 0 Å². The maximum Gasteiger partial charge on any atom is 0.411 e. The normalized spacial score (nSPS) is 16.7. The Morgan fingerprint density at radius 2 is 1.12 bits per heavy atom. The molecule has 0 bridgehead atoms. The second-order valence-corrected chi connectivity index (χ2v) is 14.1. The number of Topliss-reactive ketones (excluding diaryl/α,β-unsaturated/α-hetero) is 1. The molecule has 4 rings (SSSR count). The summed E-state index contributed by atoms with van der Waals surface area (Å²) in [6.45, 7) is 15.9. The van der Waals surface area contributed by atoms with Gasteiger partial charge in [0, 0.05) is 37.5 Å². The summed E-state index contributed by atoms with van der Waals surface area (Å²) < 4.78 is 10.4. The van der Waals surface area contributed by atoms with E-state index in [9.17, 15) is 19.2 Å². The van der Waals surface area contributed by atoms with E-state index in [2.05, 4.69) is 0 Å². The van der Waals surface area contributed by atoms with E-state index in [4.69, 9.17) is 31.1 Å². The number of aryl methyl sites for hydroxylation is 1. The smallest absolute Gasteiger partial charge is 0.411 e. The Labute approximate surface area is 290 Å². The highest BCUT2D eigenvalue weighted by Gasteiger charge is 2.40. The van der Waals surface area contributed by atoms with Crippen molar-refractivity contribution >= 4 is 35.4 Å². The molecule has 0 saturated carbocycles. The fraction of sp³-hybridized carbons (Fsp3) is 0.514. The highest BCUT2D eigenvalue weighted by atomic mass is 16.6. The van der Waals surface area contributed by atoms with Gasteiger partial charge < -0.3 is 31.1 Å². The molecule has 2 atom stereocenters. The zero-order valence-electron chi connectivity index (χ0n) is 30.1. The first-order valence-electron chi connectivity index (χ1n) is 16.5. The van der Waals surface area contributed by atoms with Crippen molar-refractivity contribution in [2.75, 3.05) is 13.1 Å². The van der Waals surface area contributed by atoms with Crippen LogP contribution in [-0.4, -0.2) is 86.6 Å². The molecular formula is C37H53N5O7. The van der Waals surface area contributed by atoms with E-state index in [1.54, 1.807) is 34.6 Å². The van der Waals surface area contributed by atoms with E-state index < -0.39 is 35.4 Å². The zero-order valence-corrected chi connectivity index (χ0v) is 30.1. The van der Waals surface area contributed by atoms with E-state index in [1.807, 2.05) is 69.3 Å². The predicted octanol–water partition coefficient (Wildman–Crippen LogP) is 6.20. The molecular weight excluding hydrogens is 626 g/mol. The minimum absolute atomic E-state index is 0.0828. The van der Waals surface area contributed by atoms with Crippen LogP contribution < -0.4 is 5.73 Å². The second kappa shape index (κ2) is 17.7. The number of rotatable bonds is 8. The number of nitrogens with zero attached hydrogens (tertiary/aromatic N) is 2. The lowest BCUT2D eigenvalue weighted by molar-refractivity contribution is -0.147. The Kier molecular flexibility index (Phi) is 14.7. The van der Waals surface area contributed by atoms with Gasteiger partial charge in [-0.25, -0.2) is 14.4 Å². The lowest BCUT2D eigenvalue weighted by Gasteiger charge is -2.40. The maximum atomic E-state index is 12.4. The van der Waals surface area contributed by atoms with Gasteiger partial charge in [-0.1, -0.05) is 48.5 Å². The minimum atomic E-state index is -0.970. The van der Waals surface area contributed by atoms with Crippen molar-refractivity contribution in [3.63, 3.8) is 0 Å². The van der Waals surface area contributed by atoms with Crippen LogP contribution in [-0.2, 0) is 32.0 Å². The van der Waals surface area contributed by atoms with E-state index >= 15 is 0 Å². The van der Waals surface area contributed by atoms with Gasteiger partial charge in [-0.05, 0) is 96.9 Å². The Morgan fingerprint density at radius 1 is 0.735 bits per heavy atom. The van der Waals surface area contributed by atoms with Crippen LogP contribution in [0.1, 0.15) is 96.9 Å². The SMILES string of the molecule is CC(=N)c1ccc(CCC(=O)[C@@H]2CCN2C(=O)OC(C)(C)C)cc1.CC(=N)c1ccc(CN)cc1.CC(C)(C)OC(=O)N1CC[C@H]1C(=O)O. The number of carboxylic acids is 1. The number of ketones is 1. The van der Waals surface area contributed by atoms with Gasteiger partial charge in [0.05, 0.1) is 6.04 Å². The molecule has 2 aromatic rings. The number of likely N-dealkylation sites (tertiary alicyclic amines) is 2. The average Bonchev–Trinajstić information content (AvgIpc) is 2.93. The van der Waals surface area contributed by atoms with Crippen LogP contribution in [0.15, 0.2) is 48.5 Å². The molecule has 0 unspecified atom stereocenters. The van der Waals surface area contributed by atoms with Crippen molar-refractivity contribution in [3.05, 3.63) is 70.8 Å². The molecule has 49 heavy (non-hydrogen) atoms. The number of carbonyl (C=O) groups excluding carboxylic acids is 3. The van der Waals surface area contributed by atoms with Crippen molar-refractivity contribution in [2.45, 2.75) is 111 Å². The molecule has 5 N–H and O–H groups in total. The molecule has 0 aliphatic carbocycles. The monoisotopic (exact) mass is 679 g/mol. The molecule has 12 nitrogen and oxygen atoms in total. The van der Waals surface area contributed by atoms with Crippen molar-refractivity contribution < 1.29 is 33.8 Å². The summed E-state index contributed by atoms with van der Waals surface area (Å²) in [7, 11) is 0. The van der Waals surface area contributed by atoms with Crippen LogP contribution in [0.5, 0.6) is 0 Å². The third-order valence-electron chi connectivity index (χ3n) is 7.62. The fourth-order valence-corrected chi connectivity index (χ4v) is 4.69. The standard InChI is InChI=1S/C19H26N2O3.C9H12N2.C9H15NO4/c1-13(20)15-8-5-14(6-9-15)7-10-17(22)16-11-12-21(16)18(23)24-19(2,3)4;1-7(11)9-4-2-8(6-10)3-5-9;1-9(2,3)14-8(13)10-5-4-6(10)7(11)12/h5-6,8-9,16,20H,7,10-12H2,1-4H3;2-5,11H,6,10H2,1H3;6H,4-5H2,1-3H3,(H,11,12)/t16-;;6-/m0.0/s1. The molecule has 0 radical (unpaired) electrons. The molecule has 0 aromatic heterocycles. The summed E-state index contributed by atoms with van der Waals surface area (Å²) >= 11 is 0. The van der Waals surface area contributed by atoms with Gasteiger partial charge in [0.2, 0.25) is 0 Å². The Balaban J connectivity index is 0.000000282. The molecule has 268 valence electrons. The zero-order chi connectivity index (χ0) is 37.1. The molecule has 2 heterocycles. The highest BCUT2D eigenvalue weighted by Crippen LogP contribution is 2.24. The van der Waals surface area contributed by atoms with Crippen molar-refractivity contribution in [1.29, 1.82) is 10.8 Å². The summed E-state index contributed by atoms with van der Waals surface area (Å²) in [5, 5.41) is 23.6. The van der Waals surface area contributed by atoms with Gasteiger partial charge in [0.1, 0.15) is 17.2 Å². The molecule has 2 saturated heterocycles. The first-order valence-corrected chi connectivity index (χ1v) is 16.5. The molecule has 2 amide bonds. The number of carbonyl (C=O) groups is 4. The summed E-state index contributed by atoms with van der Waals surface area (Å²) in [4.78, 5) is 49.2. The number of hydrogen-bond acceptors (Lipinski definition) is 9. The first-order chi connectivity index (χ1) is 22.7. The number of hydrogen-bond donors (Lipinski definition) is 4. The number of nitrogens with two attached hydrogens (primary N) is 1.